The van der Waals surface area contributed by atoms with Crippen molar-refractivity contribution in [3.05, 3.63) is 52.5 Å². The Kier molecular flexibility index (Phi) is 7.54. The van der Waals surface area contributed by atoms with Crippen LogP contribution in [-0.4, -0.2) is 18.3 Å². The molecular weight excluding hydrogens is 368 g/mol. The molecule has 0 aliphatic heterocycles. The van der Waals surface area contributed by atoms with Crippen LogP contribution >= 0.6 is 23.8 Å². The lowest BCUT2D eigenvalue weighted by Crippen LogP contribution is -2.30. The van der Waals surface area contributed by atoms with Crippen LogP contribution in [0.2, 0.25) is 5.02 Å². The molecule has 2 N–H and O–H groups in total. The highest BCUT2D eigenvalue weighted by Crippen LogP contribution is 2.30. The summed E-state index contributed by atoms with van der Waals surface area (Å²) in [5.41, 5.74) is 2.94. The Morgan fingerprint density at radius 3 is 2.42 bits per heavy atom. The van der Waals surface area contributed by atoms with Gasteiger partial charge < -0.3 is 20.1 Å². The van der Waals surface area contributed by atoms with E-state index in [0.717, 1.165) is 28.3 Å². The van der Waals surface area contributed by atoms with E-state index in [0.29, 0.717) is 23.3 Å². The van der Waals surface area contributed by atoms with Gasteiger partial charge in [0, 0.05) is 10.7 Å². The summed E-state index contributed by atoms with van der Waals surface area (Å²) in [6, 6.07) is 11.7. The lowest BCUT2D eigenvalue weighted by Gasteiger charge is -2.19. The van der Waals surface area contributed by atoms with Gasteiger partial charge in [-0.2, -0.15) is 0 Å². The monoisotopic (exact) mass is 392 g/mol. The summed E-state index contributed by atoms with van der Waals surface area (Å²) in [5, 5.41) is 7.68. The van der Waals surface area contributed by atoms with Gasteiger partial charge in [-0.15, -0.1) is 0 Å². The summed E-state index contributed by atoms with van der Waals surface area (Å²) in [6.45, 7) is 9.10. The van der Waals surface area contributed by atoms with Gasteiger partial charge in [-0.3, -0.25) is 0 Å². The molecule has 0 aromatic heterocycles. The average molecular weight is 393 g/mol. The van der Waals surface area contributed by atoms with E-state index in [1.54, 1.807) is 0 Å². The maximum atomic E-state index is 6.16. The molecule has 0 radical (unpaired) electrons. The molecule has 1 atom stereocenters. The number of hydrogen-bond donors (Lipinski definition) is 2. The third-order valence-corrected chi connectivity index (χ3v) is 4.47. The van der Waals surface area contributed by atoms with Crippen LogP contribution in [0.1, 0.15) is 37.9 Å². The molecule has 0 heterocycles. The highest BCUT2D eigenvalue weighted by atomic mass is 35.5. The number of ether oxygens (including phenoxy) is 2. The van der Waals surface area contributed by atoms with Crippen molar-refractivity contribution in [2.24, 2.45) is 0 Å². The Morgan fingerprint density at radius 1 is 1.08 bits per heavy atom. The van der Waals surface area contributed by atoms with Gasteiger partial charge in [0.25, 0.3) is 0 Å². The zero-order valence-electron chi connectivity index (χ0n) is 15.6. The van der Waals surface area contributed by atoms with E-state index < -0.39 is 0 Å². The molecule has 0 fully saturated rings. The second-order valence-electron chi connectivity index (χ2n) is 5.86. The van der Waals surface area contributed by atoms with E-state index in [1.807, 2.05) is 64.1 Å². The van der Waals surface area contributed by atoms with E-state index in [1.165, 1.54) is 0 Å². The number of benzene rings is 2. The number of rotatable bonds is 7. The highest BCUT2D eigenvalue weighted by Gasteiger charge is 2.12. The van der Waals surface area contributed by atoms with Gasteiger partial charge >= 0.3 is 0 Å². The minimum atomic E-state index is 0.00537. The molecule has 0 spiro atoms. The number of aryl methyl sites for hydroxylation is 1. The molecule has 2 aromatic rings. The third-order valence-electron chi connectivity index (χ3n) is 3.84. The van der Waals surface area contributed by atoms with Crippen LogP contribution in [-0.2, 0) is 0 Å². The largest absolute Gasteiger partial charge is 0.490 e. The maximum absolute atomic E-state index is 6.16. The SMILES string of the molecule is CCOc1ccc([C@H](C)NC(=S)Nc2ccc(C)c(Cl)c2)cc1OCC. The molecule has 0 unspecified atom stereocenters. The number of hydrogen-bond acceptors (Lipinski definition) is 3. The maximum Gasteiger partial charge on any atom is 0.171 e. The molecule has 26 heavy (non-hydrogen) atoms. The Morgan fingerprint density at radius 2 is 1.77 bits per heavy atom. The molecule has 0 saturated carbocycles. The van der Waals surface area contributed by atoms with Crippen LogP contribution in [0.3, 0.4) is 0 Å². The summed E-state index contributed by atoms with van der Waals surface area (Å²) in [6.07, 6.45) is 0. The fraction of sp³-hybridized carbons (Fsp3) is 0.350. The minimum Gasteiger partial charge on any atom is -0.490 e. The molecule has 2 rings (SSSR count). The second kappa shape index (κ2) is 9.64. The van der Waals surface area contributed by atoms with E-state index in [-0.39, 0.29) is 6.04 Å². The molecular formula is C20H25ClN2O2S. The summed E-state index contributed by atoms with van der Waals surface area (Å²) < 4.78 is 11.3. The Bertz CT molecular complexity index is 767. The Labute approximate surface area is 165 Å². The fourth-order valence-electron chi connectivity index (χ4n) is 2.45. The van der Waals surface area contributed by atoms with Crippen molar-refractivity contribution < 1.29 is 9.47 Å². The third kappa shape index (κ3) is 5.51. The van der Waals surface area contributed by atoms with Crippen LogP contribution in [0.5, 0.6) is 11.5 Å². The highest BCUT2D eigenvalue weighted by molar-refractivity contribution is 7.80. The van der Waals surface area contributed by atoms with Crippen molar-refractivity contribution in [2.45, 2.75) is 33.7 Å². The van der Waals surface area contributed by atoms with E-state index in [4.69, 9.17) is 33.3 Å². The first-order valence-corrected chi connectivity index (χ1v) is 9.46. The molecule has 0 saturated heterocycles. The van der Waals surface area contributed by atoms with Gasteiger partial charge in [0.2, 0.25) is 0 Å². The standard InChI is InChI=1S/C20H25ClN2O2S/c1-5-24-18-10-8-15(11-19(18)25-6-2)14(4)22-20(26)23-16-9-7-13(3)17(21)12-16/h7-12,14H,5-6H2,1-4H3,(H2,22,23,26)/t14-/m0/s1. The molecule has 0 aliphatic carbocycles. The average Bonchev–Trinajstić information content (AvgIpc) is 2.60. The molecule has 140 valence electrons. The van der Waals surface area contributed by atoms with Crippen LogP contribution in [0.4, 0.5) is 5.69 Å². The topological polar surface area (TPSA) is 42.5 Å². The van der Waals surface area contributed by atoms with Crippen molar-refractivity contribution in [3.8, 4) is 11.5 Å². The number of anilines is 1. The minimum absolute atomic E-state index is 0.00537. The van der Waals surface area contributed by atoms with Crippen LogP contribution in [0.15, 0.2) is 36.4 Å². The van der Waals surface area contributed by atoms with Gasteiger partial charge in [0.1, 0.15) is 0 Å². The van der Waals surface area contributed by atoms with E-state index >= 15 is 0 Å². The molecule has 4 nitrogen and oxygen atoms in total. The van der Waals surface area contributed by atoms with E-state index in [9.17, 15) is 0 Å². The van der Waals surface area contributed by atoms with Crippen molar-refractivity contribution in [1.29, 1.82) is 0 Å². The first-order chi connectivity index (χ1) is 12.4. The predicted molar refractivity (Wildman–Crippen MR) is 113 cm³/mol. The zero-order chi connectivity index (χ0) is 19.1. The number of thiocarbonyl (C=S) groups is 1. The van der Waals surface area contributed by atoms with Crippen molar-refractivity contribution in [2.75, 3.05) is 18.5 Å². The Hall–Kier alpha value is -1.98. The van der Waals surface area contributed by atoms with Crippen LogP contribution in [0.25, 0.3) is 0 Å². The predicted octanol–water partition coefficient (Wildman–Crippen LogP) is 5.49. The lowest BCUT2D eigenvalue weighted by atomic mass is 10.1. The number of halogens is 1. The van der Waals surface area contributed by atoms with Gasteiger partial charge in [-0.05, 0) is 75.3 Å². The zero-order valence-corrected chi connectivity index (χ0v) is 17.1. The molecule has 0 amide bonds. The summed E-state index contributed by atoms with van der Waals surface area (Å²) in [5.74, 6) is 1.49. The van der Waals surface area contributed by atoms with E-state index in [2.05, 4.69) is 10.6 Å². The van der Waals surface area contributed by atoms with Crippen LogP contribution in [0, 0.1) is 6.92 Å². The van der Waals surface area contributed by atoms with Crippen molar-refractivity contribution in [1.82, 2.24) is 5.32 Å². The fourth-order valence-corrected chi connectivity index (χ4v) is 2.93. The first-order valence-electron chi connectivity index (χ1n) is 8.67. The summed E-state index contributed by atoms with van der Waals surface area (Å²) >= 11 is 11.6. The summed E-state index contributed by atoms with van der Waals surface area (Å²) in [4.78, 5) is 0. The van der Waals surface area contributed by atoms with Crippen LogP contribution < -0.4 is 20.1 Å². The van der Waals surface area contributed by atoms with Gasteiger partial charge in [-0.1, -0.05) is 23.7 Å². The van der Waals surface area contributed by atoms with Gasteiger partial charge in [0.05, 0.1) is 19.3 Å². The first kappa shape index (κ1) is 20.3. The van der Waals surface area contributed by atoms with Crippen molar-refractivity contribution >= 4 is 34.6 Å². The molecule has 6 heteroatoms. The summed E-state index contributed by atoms with van der Waals surface area (Å²) in [7, 11) is 0. The normalized spacial score (nSPS) is 11.6. The quantitative estimate of drug-likeness (QED) is 0.609. The lowest BCUT2D eigenvalue weighted by molar-refractivity contribution is 0.287. The Balaban J connectivity index is 2.05. The van der Waals surface area contributed by atoms with Gasteiger partial charge in [0.15, 0.2) is 16.6 Å². The van der Waals surface area contributed by atoms with Gasteiger partial charge in [-0.25, -0.2) is 0 Å². The second-order valence-corrected chi connectivity index (χ2v) is 6.67. The number of nitrogens with one attached hydrogen (secondary N) is 2. The molecule has 0 bridgehead atoms. The van der Waals surface area contributed by atoms with Crippen molar-refractivity contribution in [3.63, 3.8) is 0 Å². The molecule has 2 aromatic carbocycles. The molecule has 0 aliphatic rings. The smallest absolute Gasteiger partial charge is 0.171 e.